The predicted molar refractivity (Wildman–Crippen MR) is 219 cm³/mol. The highest BCUT2D eigenvalue weighted by Crippen LogP contribution is 2.40. The van der Waals surface area contributed by atoms with Gasteiger partial charge in [-0.1, -0.05) is 181 Å². The largest absolute Gasteiger partial charge is 0.245 e. The SMILES string of the molecule is Cc1ccc(-c2ccc(-c3cc(-c4ccccc4)nc4c3ccc3c(-c5ccc(-c6ccc(C)cc6)cc5)cc(-c5ccccc5)nc34)cc2)cc1. The summed E-state index contributed by atoms with van der Waals surface area (Å²) in [4.78, 5) is 10.8. The first-order valence-corrected chi connectivity index (χ1v) is 17.8. The van der Waals surface area contributed by atoms with Gasteiger partial charge in [-0.15, -0.1) is 0 Å². The van der Waals surface area contributed by atoms with E-state index in [2.05, 4.69) is 196 Å². The van der Waals surface area contributed by atoms with Crippen molar-refractivity contribution in [2.75, 3.05) is 0 Å². The lowest BCUT2D eigenvalue weighted by atomic mass is 9.92. The van der Waals surface area contributed by atoms with Crippen LogP contribution in [0, 0.1) is 13.8 Å². The lowest BCUT2D eigenvalue weighted by molar-refractivity contribution is 1.36. The van der Waals surface area contributed by atoms with Crippen LogP contribution in [0.15, 0.2) is 182 Å². The van der Waals surface area contributed by atoms with E-state index < -0.39 is 0 Å². The first-order chi connectivity index (χ1) is 25.6. The van der Waals surface area contributed by atoms with E-state index in [9.17, 15) is 0 Å². The van der Waals surface area contributed by atoms with Crippen LogP contribution in [0.25, 0.3) is 88.8 Å². The Balaban J connectivity index is 1.27. The number of hydrogen-bond donors (Lipinski definition) is 0. The van der Waals surface area contributed by atoms with Crippen LogP contribution in [0.5, 0.6) is 0 Å². The summed E-state index contributed by atoms with van der Waals surface area (Å²) in [6.45, 7) is 4.25. The minimum absolute atomic E-state index is 0.895. The Morgan fingerprint density at radius 1 is 0.288 bits per heavy atom. The third-order valence-corrected chi connectivity index (χ3v) is 10.1. The summed E-state index contributed by atoms with van der Waals surface area (Å²) in [5.74, 6) is 0. The fraction of sp³-hybridized carbons (Fsp3) is 0.0400. The Labute approximate surface area is 304 Å². The molecule has 9 aromatic rings. The molecular weight excluding hydrogens is 629 g/mol. The molecule has 2 nitrogen and oxygen atoms in total. The standard InChI is InChI=1S/C50H36N2/c1-33-13-17-35(18-14-33)37-21-25-39(26-22-37)45-31-47(41-9-5-3-6-10-41)51-49-43(45)29-30-44-46(32-48(52-50(44)49)42-11-7-4-8-12-42)40-27-23-38(24-28-40)36-19-15-34(2)16-20-36/h3-32H,1-2H3. The fourth-order valence-electron chi connectivity index (χ4n) is 7.14. The molecule has 9 rings (SSSR count). The van der Waals surface area contributed by atoms with Crippen molar-refractivity contribution in [3.63, 3.8) is 0 Å². The van der Waals surface area contributed by atoms with Crippen molar-refractivity contribution in [1.82, 2.24) is 9.97 Å². The van der Waals surface area contributed by atoms with Gasteiger partial charge in [0, 0.05) is 21.9 Å². The Morgan fingerprint density at radius 3 is 0.942 bits per heavy atom. The summed E-state index contributed by atoms with van der Waals surface area (Å²) in [5.41, 5.74) is 17.7. The highest BCUT2D eigenvalue weighted by Gasteiger charge is 2.17. The molecular formula is C50H36N2. The van der Waals surface area contributed by atoms with Gasteiger partial charge in [-0.2, -0.15) is 0 Å². The van der Waals surface area contributed by atoms with Crippen molar-refractivity contribution >= 4 is 21.8 Å². The molecule has 0 spiro atoms. The van der Waals surface area contributed by atoms with Crippen LogP contribution >= 0.6 is 0 Å². The maximum absolute atomic E-state index is 5.40. The van der Waals surface area contributed by atoms with Crippen molar-refractivity contribution in [1.29, 1.82) is 0 Å². The zero-order valence-corrected chi connectivity index (χ0v) is 29.2. The Morgan fingerprint density at radius 2 is 0.596 bits per heavy atom. The van der Waals surface area contributed by atoms with Crippen LogP contribution in [0.2, 0.25) is 0 Å². The average molecular weight is 665 g/mol. The molecule has 0 aliphatic carbocycles. The molecule has 0 bridgehead atoms. The first kappa shape index (κ1) is 31.3. The lowest BCUT2D eigenvalue weighted by Gasteiger charge is -2.16. The molecule has 0 aliphatic heterocycles. The summed E-state index contributed by atoms with van der Waals surface area (Å²) in [6, 6.07) is 65.1. The van der Waals surface area contributed by atoms with Gasteiger partial charge in [-0.25, -0.2) is 9.97 Å². The molecule has 2 heterocycles. The van der Waals surface area contributed by atoms with Crippen LogP contribution in [-0.2, 0) is 0 Å². The van der Waals surface area contributed by atoms with Crippen molar-refractivity contribution in [2.45, 2.75) is 13.8 Å². The molecule has 0 aliphatic rings. The maximum Gasteiger partial charge on any atom is 0.0978 e. The number of hydrogen-bond acceptors (Lipinski definition) is 2. The van der Waals surface area contributed by atoms with E-state index in [1.54, 1.807) is 0 Å². The molecule has 52 heavy (non-hydrogen) atoms. The monoisotopic (exact) mass is 664 g/mol. The van der Waals surface area contributed by atoms with E-state index >= 15 is 0 Å². The van der Waals surface area contributed by atoms with Crippen molar-refractivity contribution in [2.24, 2.45) is 0 Å². The summed E-state index contributed by atoms with van der Waals surface area (Å²) < 4.78 is 0. The molecule has 0 saturated carbocycles. The molecule has 2 aromatic heterocycles. The number of aromatic nitrogens is 2. The van der Waals surface area contributed by atoms with E-state index in [1.165, 1.54) is 33.4 Å². The maximum atomic E-state index is 5.40. The molecule has 2 heteroatoms. The molecule has 0 saturated heterocycles. The lowest BCUT2D eigenvalue weighted by Crippen LogP contribution is -1.95. The van der Waals surface area contributed by atoms with Crippen LogP contribution in [0.4, 0.5) is 0 Å². The van der Waals surface area contributed by atoms with E-state index in [1.807, 2.05) is 0 Å². The van der Waals surface area contributed by atoms with Gasteiger partial charge < -0.3 is 0 Å². The smallest absolute Gasteiger partial charge is 0.0978 e. The van der Waals surface area contributed by atoms with Gasteiger partial charge in [0.25, 0.3) is 0 Å². The molecule has 0 fully saturated rings. The van der Waals surface area contributed by atoms with Gasteiger partial charge in [0.2, 0.25) is 0 Å². The van der Waals surface area contributed by atoms with E-state index in [4.69, 9.17) is 9.97 Å². The number of nitrogens with zero attached hydrogens (tertiary/aromatic N) is 2. The summed E-state index contributed by atoms with van der Waals surface area (Å²) in [5, 5.41) is 2.15. The average Bonchev–Trinajstić information content (AvgIpc) is 3.21. The van der Waals surface area contributed by atoms with Crippen molar-refractivity contribution in [3.8, 4) is 67.0 Å². The van der Waals surface area contributed by atoms with Gasteiger partial charge in [0.15, 0.2) is 0 Å². The quantitative estimate of drug-likeness (QED) is 0.165. The zero-order valence-electron chi connectivity index (χ0n) is 29.2. The molecule has 0 radical (unpaired) electrons. The van der Waals surface area contributed by atoms with E-state index in [0.29, 0.717) is 0 Å². The zero-order chi connectivity index (χ0) is 35.0. The fourth-order valence-corrected chi connectivity index (χ4v) is 7.14. The third kappa shape index (κ3) is 5.95. The predicted octanol–water partition coefficient (Wildman–Crippen LogP) is 13.4. The van der Waals surface area contributed by atoms with Crippen LogP contribution < -0.4 is 0 Å². The molecule has 0 N–H and O–H groups in total. The van der Waals surface area contributed by atoms with Crippen LogP contribution in [0.1, 0.15) is 11.1 Å². The van der Waals surface area contributed by atoms with E-state index in [-0.39, 0.29) is 0 Å². The Hall–Kier alpha value is -6.64. The van der Waals surface area contributed by atoms with Gasteiger partial charge in [0.05, 0.1) is 22.4 Å². The second-order valence-corrected chi connectivity index (χ2v) is 13.6. The topological polar surface area (TPSA) is 25.8 Å². The number of rotatable bonds is 6. The van der Waals surface area contributed by atoms with Crippen molar-refractivity contribution < 1.29 is 0 Å². The molecule has 246 valence electrons. The summed E-state index contributed by atoms with van der Waals surface area (Å²) in [6.07, 6.45) is 0. The normalized spacial score (nSPS) is 11.3. The van der Waals surface area contributed by atoms with Gasteiger partial charge >= 0.3 is 0 Å². The second-order valence-electron chi connectivity index (χ2n) is 13.6. The Kier molecular flexibility index (Phi) is 7.98. The minimum atomic E-state index is 0.895. The molecule has 7 aromatic carbocycles. The Bertz CT molecular complexity index is 2490. The third-order valence-electron chi connectivity index (χ3n) is 10.1. The second kappa shape index (κ2) is 13.2. The van der Waals surface area contributed by atoms with Crippen molar-refractivity contribution in [3.05, 3.63) is 193 Å². The van der Waals surface area contributed by atoms with Gasteiger partial charge in [-0.05, 0) is 70.5 Å². The summed E-state index contributed by atoms with van der Waals surface area (Å²) >= 11 is 0. The number of pyridine rings is 2. The molecule has 0 unspecified atom stereocenters. The molecule has 0 amide bonds. The number of fused-ring (bicyclic) bond motifs is 3. The van der Waals surface area contributed by atoms with E-state index in [0.717, 1.165) is 66.6 Å². The highest BCUT2D eigenvalue weighted by atomic mass is 14.8. The minimum Gasteiger partial charge on any atom is -0.245 e. The van der Waals surface area contributed by atoms with Crippen LogP contribution in [0.3, 0.4) is 0 Å². The number of benzene rings is 7. The highest BCUT2D eigenvalue weighted by molar-refractivity contribution is 6.13. The van der Waals surface area contributed by atoms with Gasteiger partial charge in [0.1, 0.15) is 0 Å². The first-order valence-electron chi connectivity index (χ1n) is 17.8. The van der Waals surface area contributed by atoms with Crippen LogP contribution in [-0.4, -0.2) is 9.97 Å². The number of aryl methyl sites for hydroxylation is 2. The summed E-state index contributed by atoms with van der Waals surface area (Å²) in [7, 11) is 0. The molecule has 0 atom stereocenters. The van der Waals surface area contributed by atoms with Gasteiger partial charge in [-0.3, -0.25) is 0 Å².